The summed E-state index contributed by atoms with van der Waals surface area (Å²) in [5.41, 5.74) is 12.2. The number of hydrogen-bond donors (Lipinski definition) is 5. The van der Waals surface area contributed by atoms with Crippen molar-refractivity contribution in [2.24, 2.45) is 22.2 Å². The van der Waals surface area contributed by atoms with Crippen molar-refractivity contribution in [2.75, 3.05) is 47.4 Å². The molecule has 11 atom stereocenters. The van der Waals surface area contributed by atoms with E-state index >= 15 is 0 Å². The van der Waals surface area contributed by atoms with E-state index in [2.05, 4.69) is 118 Å². The van der Waals surface area contributed by atoms with E-state index in [1.54, 1.807) is 19.2 Å². The molecule has 6 heterocycles. The number of likely N-dealkylation sites (tertiary alicyclic amines) is 1. The quantitative estimate of drug-likeness (QED) is 0.174. The molecule has 5 N–H and O–H groups in total. The largest absolute Gasteiger partial charge is 0.495 e. The fourth-order valence-corrected chi connectivity index (χ4v) is 15.2. The van der Waals surface area contributed by atoms with Crippen molar-refractivity contribution in [1.82, 2.24) is 41.3 Å². The first kappa shape index (κ1) is 46.9. The maximum atomic E-state index is 11.6. The predicted octanol–water partition coefficient (Wildman–Crippen LogP) is 5.78. The van der Waals surface area contributed by atoms with Crippen molar-refractivity contribution >= 4 is 17.5 Å². The summed E-state index contributed by atoms with van der Waals surface area (Å²) in [5, 5.41) is 33.7. The van der Waals surface area contributed by atoms with Gasteiger partial charge in [0.15, 0.2) is 0 Å². The van der Waals surface area contributed by atoms with Crippen LogP contribution in [0, 0.1) is 28.6 Å². The minimum atomic E-state index is -0.591. The second-order valence-electron chi connectivity index (χ2n) is 21.2. The second-order valence-corrected chi connectivity index (χ2v) is 22.7. The number of nitrogens with one attached hydrogen (secondary N) is 4. The number of benzene rings is 2. The molecule has 2 aromatic rings. The highest BCUT2D eigenvalue weighted by Crippen LogP contribution is 2.51. The Bertz CT molecular complexity index is 2050. The van der Waals surface area contributed by atoms with Crippen LogP contribution in [-0.2, 0) is 4.74 Å². The first-order valence-electron chi connectivity index (χ1n) is 25.4. The molecular formula is C51H76N10O4S. The fraction of sp³-hybridized carbons (Fsp3) is 0.725. The van der Waals surface area contributed by atoms with Crippen molar-refractivity contribution in [1.29, 1.82) is 5.26 Å². The zero-order chi connectivity index (χ0) is 45.7. The standard InChI is InChI=1S/C51H76N10O4S/c1-31-32(2)66-50-46(31)47(55-41(28-44-53-24-26-64-44)48-57-56-33(3)61(48)50)36-9-7-34(8-10-36)35-19-21-51(22-20-35)23-25-60(30-51)45-18-17-42(58(4)59(45)5)49(62)54-38-12-15-39(16-13-38)65-40-14-11-37(29-52)43(27-40)63-6/h7-11,14,27,31-33,35,38-39,41-42,44-46,48-50,53-54,56-57,62H,12-13,15-26,28,30H2,1-6H3/t31?,32?,33?,35?,38?,39?,41-,42?,44?,45?,46?,48?,49?,50?,51?/m0/s1. The third-order valence-corrected chi connectivity index (χ3v) is 19.2. The highest BCUT2D eigenvalue weighted by molar-refractivity contribution is 8.00. The van der Waals surface area contributed by atoms with Gasteiger partial charge in [-0.1, -0.05) is 38.1 Å². The number of aliphatic hydroxyl groups is 1. The third-order valence-electron chi connectivity index (χ3n) is 17.5. The normalized spacial score (nSPS) is 39.5. The van der Waals surface area contributed by atoms with Gasteiger partial charge in [0.25, 0.3) is 0 Å². The third kappa shape index (κ3) is 9.31. The zero-order valence-electron chi connectivity index (χ0n) is 40.2. The summed E-state index contributed by atoms with van der Waals surface area (Å²) in [5.74, 6) is 2.78. The maximum absolute atomic E-state index is 11.6. The molecule has 14 nitrogen and oxygen atoms in total. The molecule has 360 valence electrons. The summed E-state index contributed by atoms with van der Waals surface area (Å²) >= 11 is 2.13. The Balaban J connectivity index is 0.717. The lowest BCUT2D eigenvalue weighted by Gasteiger charge is -2.50. The number of hydrogen-bond acceptors (Lipinski definition) is 15. The molecule has 10 unspecified atom stereocenters. The molecule has 0 amide bonds. The Morgan fingerprint density at radius 3 is 2.50 bits per heavy atom. The average molecular weight is 925 g/mol. The Hall–Kier alpha value is -2.85. The number of aliphatic hydroxyl groups excluding tert-OH is 1. The molecule has 15 heteroatoms. The number of fused-ring (bicyclic) bond motifs is 3. The fourth-order valence-electron chi connectivity index (χ4n) is 13.3. The summed E-state index contributed by atoms with van der Waals surface area (Å²) in [6, 6.07) is 17.7. The van der Waals surface area contributed by atoms with Crippen LogP contribution in [0.25, 0.3) is 0 Å². The first-order chi connectivity index (χ1) is 32.0. The first-order valence-corrected chi connectivity index (χ1v) is 26.3. The van der Waals surface area contributed by atoms with Gasteiger partial charge in [-0.2, -0.15) is 5.26 Å². The van der Waals surface area contributed by atoms with E-state index in [4.69, 9.17) is 19.2 Å². The highest BCUT2D eigenvalue weighted by atomic mass is 32.2. The predicted molar refractivity (Wildman–Crippen MR) is 260 cm³/mol. The van der Waals surface area contributed by atoms with Gasteiger partial charge in [-0.25, -0.2) is 20.9 Å². The number of methoxy groups -OCH3 is 1. The molecule has 2 saturated carbocycles. The van der Waals surface area contributed by atoms with Crippen LogP contribution in [0.5, 0.6) is 11.5 Å². The van der Waals surface area contributed by atoms with Crippen molar-refractivity contribution in [3.8, 4) is 17.6 Å². The van der Waals surface area contributed by atoms with Crippen molar-refractivity contribution in [2.45, 2.75) is 170 Å². The number of rotatable bonds is 11. The lowest BCUT2D eigenvalue weighted by atomic mass is 9.68. The molecule has 0 aromatic heterocycles. The summed E-state index contributed by atoms with van der Waals surface area (Å²) in [4.78, 5) is 11.2. The molecule has 0 bridgehead atoms. The number of nitriles is 1. The lowest BCUT2D eigenvalue weighted by Crippen LogP contribution is -2.64. The molecule has 7 fully saturated rings. The topological polar surface area (TPSA) is 145 Å². The molecule has 0 radical (unpaired) electrons. The monoisotopic (exact) mass is 925 g/mol. The van der Waals surface area contributed by atoms with Gasteiger partial charge in [0.2, 0.25) is 0 Å². The maximum Gasteiger partial charge on any atom is 0.140 e. The average Bonchev–Trinajstić information content (AvgIpc) is 4.13. The Kier molecular flexibility index (Phi) is 14.1. The van der Waals surface area contributed by atoms with Crippen LogP contribution in [0.15, 0.2) is 47.5 Å². The molecule has 8 aliphatic rings. The van der Waals surface area contributed by atoms with Crippen molar-refractivity contribution in [3.05, 3.63) is 59.2 Å². The molecular weight excluding hydrogens is 849 g/mol. The number of aliphatic imine (C=N–C) groups is 1. The molecule has 5 saturated heterocycles. The Labute approximate surface area is 397 Å². The van der Waals surface area contributed by atoms with Gasteiger partial charge < -0.3 is 19.3 Å². The van der Waals surface area contributed by atoms with E-state index in [1.165, 1.54) is 55.5 Å². The van der Waals surface area contributed by atoms with E-state index in [0.29, 0.717) is 51.3 Å². The van der Waals surface area contributed by atoms with Crippen LogP contribution >= 0.6 is 11.8 Å². The number of nitrogens with zero attached hydrogens (tertiary/aromatic N) is 6. The Morgan fingerprint density at radius 1 is 0.985 bits per heavy atom. The summed E-state index contributed by atoms with van der Waals surface area (Å²) in [6.45, 7) is 11.1. The highest BCUT2D eigenvalue weighted by Gasteiger charge is 2.54. The Morgan fingerprint density at radius 2 is 1.77 bits per heavy atom. The van der Waals surface area contributed by atoms with Gasteiger partial charge in [0.1, 0.15) is 30.0 Å². The number of likely N-dealkylation sites (N-methyl/N-ethyl adjacent to an activating group) is 1. The van der Waals surface area contributed by atoms with Crippen LogP contribution < -0.4 is 31.0 Å². The van der Waals surface area contributed by atoms with Gasteiger partial charge in [-0.15, -0.1) is 11.8 Å². The van der Waals surface area contributed by atoms with Gasteiger partial charge >= 0.3 is 0 Å². The van der Waals surface area contributed by atoms with Crippen LogP contribution in [-0.4, -0.2) is 144 Å². The molecule has 10 rings (SSSR count). The second kappa shape index (κ2) is 19.9. The van der Waals surface area contributed by atoms with Crippen LogP contribution in [0.2, 0.25) is 0 Å². The van der Waals surface area contributed by atoms with Crippen LogP contribution in [0.1, 0.15) is 120 Å². The molecule has 2 aliphatic carbocycles. The molecule has 6 aliphatic heterocycles. The number of thioether (sulfide) groups is 1. The molecule has 2 aromatic carbocycles. The smallest absolute Gasteiger partial charge is 0.140 e. The number of hydrazine groups is 2. The van der Waals surface area contributed by atoms with Crippen molar-refractivity contribution in [3.63, 3.8) is 0 Å². The SMILES string of the molecule is COc1cc(OC2CCC(NC(O)C3CCC(N4CCC5(CCC(c6ccc(C7=N[C@@H](CC8NCCO8)C8NNC(C)N8C8SC(C)C(C)C78)cc6)CC5)C4)N(C)N3C)CC2)ccc1C#N. The van der Waals surface area contributed by atoms with E-state index in [0.717, 1.165) is 70.4 Å². The van der Waals surface area contributed by atoms with Crippen LogP contribution in [0.3, 0.4) is 0 Å². The molecule has 66 heavy (non-hydrogen) atoms. The minimum Gasteiger partial charge on any atom is -0.495 e. The van der Waals surface area contributed by atoms with E-state index in [9.17, 15) is 10.4 Å². The molecule has 1 spiro atoms. The summed E-state index contributed by atoms with van der Waals surface area (Å²) < 4.78 is 17.7. The minimum absolute atomic E-state index is 0.0329. The van der Waals surface area contributed by atoms with Gasteiger partial charge in [0, 0.05) is 69.1 Å². The van der Waals surface area contributed by atoms with Gasteiger partial charge in [-0.05, 0) is 118 Å². The number of ether oxygens (including phenoxy) is 3. The summed E-state index contributed by atoms with van der Waals surface area (Å²) in [7, 11) is 5.96. The van der Waals surface area contributed by atoms with Gasteiger partial charge in [-0.3, -0.25) is 25.4 Å². The van der Waals surface area contributed by atoms with Gasteiger partial charge in [0.05, 0.1) is 61.3 Å². The van der Waals surface area contributed by atoms with E-state index in [1.807, 2.05) is 6.07 Å². The van der Waals surface area contributed by atoms with Crippen molar-refractivity contribution < 1.29 is 19.3 Å². The zero-order valence-corrected chi connectivity index (χ0v) is 41.0. The lowest BCUT2D eigenvalue weighted by molar-refractivity contribution is -0.164. The van der Waals surface area contributed by atoms with E-state index in [-0.39, 0.29) is 42.8 Å². The van der Waals surface area contributed by atoms with E-state index < -0.39 is 6.23 Å². The van der Waals surface area contributed by atoms with Crippen LogP contribution in [0.4, 0.5) is 0 Å². The summed E-state index contributed by atoms with van der Waals surface area (Å²) in [6.07, 6.45) is 13.3.